The second-order valence-corrected chi connectivity index (χ2v) is 11.3. The van der Waals surface area contributed by atoms with Crippen molar-refractivity contribution in [2.45, 2.75) is 42.8 Å². The molecule has 3 atom stereocenters. The van der Waals surface area contributed by atoms with Gasteiger partial charge in [-0.2, -0.15) is 10.3 Å². The molecular weight excluding hydrogens is 522 g/mol. The summed E-state index contributed by atoms with van der Waals surface area (Å²) in [4.78, 5) is 50.2. The second-order valence-electron chi connectivity index (χ2n) is 9.20. The van der Waals surface area contributed by atoms with Crippen LogP contribution in [0.5, 0.6) is 0 Å². The van der Waals surface area contributed by atoms with Gasteiger partial charge < -0.3 is 20.6 Å². The second kappa shape index (κ2) is 10.6. The molecule has 0 aliphatic carbocycles. The quantitative estimate of drug-likeness (QED) is 0.211. The average molecular weight is 548 g/mol. The Labute approximate surface area is 219 Å². The summed E-state index contributed by atoms with van der Waals surface area (Å²) in [7, 11) is 0. The van der Waals surface area contributed by atoms with E-state index in [9.17, 15) is 34.5 Å². The van der Waals surface area contributed by atoms with Crippen LogP contribution in [0.15, 0.2) is 46.6 Å². The van der Waals surface area contributed by atoms with Crippen LogP contribution in [0.3, 0.4) is 0 Å². The highest BCUT2D eigenvalue weighted by molar-refractivity contribution is 8.01. The highest BCUT2D eigenvalue weighted by Gasteiger charge is 2.54. The van der Waals surface area contributed by atoms with E-state index < -0.39 is 46.7 Å². The number of aliphatic hydroxyl groups excluding tert-OH is 1. The molecule has 2 amide bonds. The molecule has 37 heavy (non-hydrogen) atoms. The number of benzene rings is 1. The minimum absolute atomic E-state index is 0.129. The van der Waals surface area contributed by atoms with Crippen LogP contribution in [0.1, 0.15) is 31.2 Å². The van der Waals surface area contributed by atoms with Gasteiger partial charge in [-0.15, -0.1) is 16.9 Å². The molecule has 4 rings (SSSR count). The molecular formula is C23H25N5O7S2. The van der Waals surface area contributed by atoms with Crippen LogP contribution >= 0.6 is 23.5 Å². The van der Waals surface area contributed by atoms with Gasteiger partial charge in [-0.05, 0) is 25.0 Å². The molecule has 0 bridgehead atoms. The number of carboxylic acid groups (broad SMARTS) is 2. The summed E-state index contributed by atoms with van der Waals surface area (Å²) < 4.78 is 0. The smallest absolute Gasteiger partial charge is 0.352 e. The molecule has 1 unspecified atom stereocenters. The molecule has 3 heterocycles. The molecule has 12 nitrogen and oxygen atoms in total. The fourth-order valence-corrected chi connectivity index (χ4v) is 6.35. The van der Waals surface area contributed by atoms with Gasteiger partial charge in [0.05, 0.1) is 11.1 Å². The number of aromatic amines is 1. The zero-order chi connectivity index (χ0) is 26.9. The number of H-pyrrole nitrogens is 1. The Balaban J connectivity index is 1.45. The van der Waals surface area contributed by atoms with E-state index in [1.807, 2.05) is 0 Å². The van der Waals surface area contributed by atoms with E-state index in [0.717, 1.165) is 4.90 Å². The van der Waals surface area contributed by atoms with Crippen LogP contribution in [-0.4, -0.2) is 82.3 Å². The van der Waals surface area contributed by atoms with Crippen LogP contribution < -0.4 is 5.32 Å². The summed E-state index contributed by atoms with van der Waals surface area (Å²) in [6.45, 7) is 3.15. The molecule has 2 aliphatic heterocycles. The number of β-lactam (4-membered cyclic amide) rings is 1. The van der Waals surface area contributed by atoms with Gasteiger partial charge in [0.1, 0.15) is 22.1 Å². The summed E-state index contributed by atoms with van der Waals surface area (Å²) in [5, 5.41) is 42.6. The van der Waals surface area contributed by atoms with E-state index >= 15 is 0 Å². The molecule has 1 saturated heterocycles. The largest absolute Gasteiger partial charge is 0.481 e. The minimum Gasteiger partial charge on any atom is -0.481 e. The number of carbonyl (C=O) groups excluding carboxylic acids is 2. The topological polar surface area (TPSA) is 186 Å². The van der Waals surface area contributed by atoms with Crippen LogP contribution in [0.25, 0.3) is 0 Å². The first-order valence-corrected chi connectivity index (χ1v) is 13.2. The molecule has 1 fully saturated rings. The lowest BCUT2D eigenvalue weighted by atomic mass is 9.88. The Morgan fingerprint density at radius 3 is 2.59 bits per heavy atom. The fraction of sp³-hybridized carbons (Fsp3) is 0.391. The van der Waals surface area contributed by atoms with E-state index in [2.05, 4.69) is 20.7 Å². The van der Waals surface area contributed by atoms with Gasteiger partial charge in [-0.25, -0.2) is 4.79 Å². The normalized spacial score (nSPS) is 20.2. The molecule has 5 N–H and O–H groups in total. The number of hydrogen-bond donors (Lipinski definition) is 5. The van der Waals surface area contributed by atoms with Crippen molar-refractivity contribution in [1.29, 1.82) is 0 Å². The van der Waals surface area contributed by atoms with Crippen molar-refractivity contribution >= 4 is 47.3 Å². The molecule has 2 aromatic rings. The van der Waals surface area contributed by atoms with Crippen molar-refractivity contribution < 1.29 is 34.5 Å². The first-order chi connectivity index (χ1) is 17.5. The predicted octanol–water partition coefficient (Wildman–Crippen LogP) is 1.02. The zero-order valence-corrected chi connectivity index (χ0v) is 21.5. The first-order valence-electron chi connectivity index (χ1n) is 11.2. The van der Waals surface area contributed by atoms with Crippen molar-refractivity contribution in [2.24, 2.45) is 5.41 Å². The van der Waals surface area contributed by atoms with Gasteiger partial charge in [-0.3, -0.25) is 19.3 Å². The number of aliphatic hydroxyl groups is 1. The van der Waals surface area contributed by atoms with Crippen molar-refractivity contribution in [2.75, 3.05) is 11.5 Å². The number of amides is 2. The van der Waals surface area contributed by atoms with Crippen molar-refractivity contribution in [3.63, 3.8) is 0 Å². The fourth-order valence-electron chi connectivity index (χ4n) is 3.94. The summed E-state index contributed by atoms with van der Waals surface area (Å²) in [5.41, 5.74) is 0.114. The first kappa shape index (κ1) is 26.7. The number of carboxylic acids is 2. The molecule has 14 heteroatoms. The maximum Gasteiger partial charge on any atom is 0.352 e. The number of aromatic nitrogens is 3. The highest BCUT2D eigenvalue weighted by Crippen LogP contribution is 2.42. The van der Waals surface area contributed by atoms with Gasteiger partial charge in [0.25, 0.3) is 11.8 Å². The summed E-state index contributed by atoms with van der Waals surface area (Å²) in [6.07, 6.45) is -1.33. The Morgan fingerprint density at radius 1 is 1.24 bits per heavy atom. The third kappa shape index (κ3) is 5.36. The van der Waals surface area contributed by atoms with Crippen molar-refractivity contribution in [3.8, 4) is 0 Å². The summed E-state index contributed by atoms with van der Waals surface area (Å²) >= 11 is 2.51. The molecule has 0 spiro atoms. The summed E-state index contributed by atoms with van der Waals surface area (Å²) in [5.74, 6) is -3.07. The number of fused-ring (bicyclic) bond motifs is 1. The van der Waals surface area contributed by atoms with Crippen LogP contribution in [0, 0.1) is 5.41 Å². The molecule has 2 aliphatic rings. The molecule has 0 radical (unpaired) electrons. The monoisotopic (exact) mass is 547 g/mol. The Hall–Kier alpha value is -3.36. The number of nitrogens with one attached hydrogen (secondary N) is 2. The van der Waals surface area contributed by atoms with Crippen molar-refractivity contribution in [3.05, 3.63) is 52.9 Å². The third-order valence-corrected chi connectivity index (χ3v) is 8.50. The van der Waals surface area contributed by atoms with Crippen LogP contribution in [-0.2, 0) is 25.6 Å². The van der Waals surface area contributed by atoms with Crippen LogP contribution in [0.4, 0.5) is 0 Å². The standard InChI is InChI=1S/C23H25N5O7S2/c1-23(2,22(34)35)8-13-18(26-27-25-13)36-9-12-10-37-20-14(19(31)28(20)15(12)21(32)33)24-17(30)16(29)11-6-4-3-5-7-11/h3-7,14,16,20,29H,8-10H2,1-2H3,(H,24,30)(H,32,33)(H,34,35)(H,25,26,27)/t14?,16-,20-/m1/s1. The van der Waals surface area contributed by atoms with Gasteiger partial charge in [-0.1, -0.05) is 42.1 Å². The maximum absolute atomic E-state index is 12.9. The lowest BCUT2D eigenvalue weighted by Gasteiger charge is -2.49. The Kier molecular flexibility index (Phi) is 7.62. The number of rotatable bonds is 10. The van der Waals surface area contributed by atoms with E-state index in [1.165, 1.54) is 23.5 Å². The maximum atomic E-state index is 12.9. The zero-order valence-electron chi connectivity index (χ0n) is 19.9. The average Bonchev–Trinajstić information content (AvgIpc) is 3.30. The molecule has 1 aromatic carbocycles. The number of carbonyl (C=O) groups is 4. The molecule has 1 aromatic heterocycles. The van der Waals surface area contributed by atoms with E-state index in [-0.39, 0.29) is 17.9 Å². The molecule has 0 saturated carbocycles. The van der Waals surface area contributed by atoms with Gasteiger partial charge in [0.2, 0.25) is 0 Å². The lowest BCUT2D eigenvalue weighted by molar-refractivity contribution is -0.151. The van der Waals surface area contributed by atoms with E-state index in [1.54, 1.807) is 44.2 Å². The van der Waals surface area contributed by atoms with Gasteiger partial charge >= 0.3 is 11.9 Å². The summed E-state index contributed by atoms with van der Waals surface area (Å²) in [6, 6.07) is 7.32. The lowest BCUT2D eigenvalue weighted by Crippen LogP contribution is -2.70. The number of aliphatic carboxylic acids is 2. The SMILES string of the molecule is CC(C)(Cc1n[nH]nc1SCC1=C(C(=O)O)N2C(=O)C(NC(=O)[C@H](O)c3ccccc3)[C@H]2SC1)C(=O)O. The molecule has 196 valence electrons. The Morgan fingerprint density at radius 2 is 1.95 bits per heavy atom. The van der Waals surface area contributed by atoms with Crippen molar-refractivity contribution in [1.82, 2.24) is 25.6 Å². The predicted molar refractivity (Wildman–Crippen MR) is 133 cm³/mol. The number of nitrogens with zero attached hydrogens (tertiary/aromatic N) is 3. The van der Waals surface area contributed by atoms with E-state index in [4.69, 9.17) is 0 Å². The number of hydrogen-bond acceptors (Lipinski definition) is 9. The highest BCUT2D eigenvalue weighted by atomic mass is 32.2. The Bertz CT molecular complexity index is 1260. The van der Waals surface area contributed by atoms with E-state index in [0.29, 0.717) is 27.6 Å². The minimum atomic E-state index is -1.46. The van der Waals surface area contributed by atoms with Crippen LogP contribution in [0.2, 0.25) is 0 Å². The number of thioether (sulfide) groups is 2. The van der Waals surface area contributed by atoms with Gasteiger partial charge in [0, 0.05) is 17.9 Å². The third-order valence-electron chi connectivity index (χ3n) is 6.07. The van der Waals surface area contributed by atoms with Gasteiger partial charge in [0.15, 0.2) is 6.10 Å².